The van der Waals surface area contributed by atoms with Crippen LogP contribution in [-0.4, -0.2) is 39.0 Å². The molecule has 1 aliphatic rings. The van der Waals surface area contributed by atoms with Crippen LogP contribution in [-0.2, 0) is 15.7 Å². The Morgan fingerprint density at radius 2 is 2.04 bits per heavy atom. The van der Waals surface area contributed by atoms with Crippen LogP contribution >= 0.6 is 23.7 Å². The van der Waals surface area contributed by atoms with Gasteiger partial charge in [0.15, 0.2) is 0 Å². The first-order valence-electron chi connectivity index (χ1n) is 7.78. The zero-order chi connectivity index (χ0) is 16.5. The van der Waals surface area contributed by atoms with Crippen LogP contribution in [0.5, 0.6) is 0 Å². The van der Waals surface area contributed by atoms with E-state index in [1.807, 2.05) is 12.3 Å². The number of carbonyl (C=O) groups excluding carboxylic acids is 1. The molecule has 9 heteroatoms. The topological polar surface area (TPSA) is 84.7 Å². The molecular formula is C15H23ClN6OS. The van der Waals surface area contributed by atoms with Gasteiger partial charge in [-0.1, -0.05) is 32.1 Å². The quantitative estimate of drug-likeness (QED) is 0.864. The van der Waals surface area contributed by atoms with Crippen LogP contribution < -0.4 is 10.6 Å². The van der Waals surface area contributed by atoms with Gasteiger partial charge in [0.1, 0.15) is 10.5 Å². The van der Waals surface area contributed by atoms with E-state index < -0.39 is 5.54 Å². The fourth-order valence-corrected chi connectivity index (χ4v) is 3.51. The lowest BCUT2D eigenvalue weighted by Gasteiger charge is -2.36. The van der Waals surface area contributed by atoms with E-state index in [-0.39, 0.29) is 23.7 Å². The number of rotatable bonds is 3. The van der Waals surface area contributed by atoms with Gasteiger partial charge in [-0.25, -0.2) is 0 Å². The minimum Gasteiger partial charge on any atom is -0.317 e. The molecule has 1 aliphatic heterocycles. The molecule has 0 unspecified atom stereocenters. The van der Waals surface area contributed by atoms with Crippen molar-refractivity contribution in [2.75, 3.05) is 18.4 Å². The highest BCUT2D eigenvalue weighted by atomic mass is 35.5. The van der Waals surface area contributed by atoms with E-state index in [0.29, 0.717) is 18.0 Å². The van der Waals surface area contributed by atoms with Gasteiger partial charge in [-0.15, -0.1) is 22.6 Å². The Morgan fingerprint density at radius 3 is 2.58 bits per heavy atom. The van der Waals surface area contributed by atoms with Gasteiger partial charge in [-0.3, -0.25) is 14.8 Å². The maximum absolute atomic E-state index is 13.0. The lowest BCUT2D eigenvalue weighted by atomic mass is 9.87. The molecule has 3 rings (SSSR count). The summed E-state index contributed by atoms with van der Waals surface area (Å²) in [7, 11) is 0. The molecule has 132 valence electrons. The summed E-state index contributed by atoms with van der Waals surface area (Å²) in [6.45, 7) is 7.82. The van der Waals surface area contributed by atoms with Crippen molar-refractivity contribution < 1.29 is 4.79 Å². The van der Waals surface area contributed by atoms with Crippen LogP contribution in [0.4, 0.5) is 5.13 Å². The van der Waals surface area contributed by atoms with E-state index >= 15 is 0 Å². The molecule has 2 N–H and O–H groups in total. The van der Waals surface area contributed by atoms with E-state index in [2.05, 4.69) is 46.7 Å². The molecule has 0 aromatic carbocycles. The maximum Gasteiger partial charge on any atom is 0.254 e. The molecule has 1 saturated heterocycles. The third-order valence-electron chi connectivity index (χ3n) is 4.08. The lowest BCUT2D eigenvalue weighted by molar-refractivity contribution is -0.126. The molecule has 0 bridgehead atoms. The first-order valence-corrected chi connectivity index (χ1v) is 8.60. The van der Waals surface area contributed by atoms with Gasteiger partial charge in [-0.05, 0) is 32.0 Å². The second-order valence-corrected chi connectivity index (χ2v) is 7.83. The summed E-state index contributed by atoms with van der Waals surface area (Å²) in [5.41, 5.74) is -0.739. The molecule has 0 saturated carbocycles. The van der Waals surface area contributed by atoms with Crippen molar-refractivity contribution >= 4 is 34.8 Å². The molecule has 2 aromatic rings. The van der Waals surface area contributed by atoms with Gasteiger partial charge < -0.3 is 5.32 Å². The first kappa shape index (κ1) is 18.8. The summed E-state index contributed by atoms with van der Waals surface area (Å²) in [5, 5.41) is 20.3. The van der Waals surface area contributed by atoms with E-state index in [1.165, 1.54) is 11.3 Å². The molecule has 24 heavy (non-hydrogen) atoms. The number of hydrogen-bond donors (Lipinski definition) is 2. The molecule has 7 nitrogen and oxygen atoms in total. The van der Waals surface area contributed by atoms with Crippen LogP contribution in [0, 0.1) is 0 Å². The number of carbonyl (C=O) groups is 1. The normalized spacial score (nSPS) is 17.1. The molecule has 3 heterocycles. The number of amides is 1. The second kappa shape index (κ2) is 7.16. The maximum atomic E-state index is 13.0. The predicted molar refractivity (Wildman–Crippen MR) is 96.8 cm³/mol. The summed E-state index contributed by atoms with van der Waals surface area (Å²) >= 11 is 1.43. The third kappa shape index (κ3) is 3.60. The van der Waals surface area contributed by atoms with Crippen LogP contribution in [0.3, 0.4) is 0 Å². The molecule has 0 spiro atoms. The number of halogens is 1. The molecule has 1 fully saturated rings. The summed E-state index contributed by atoms with van der Waals surface area (Å²) < 4.78 is 1.77. The van der Waals surface area contributed by atoms with Crippen molar-refractivity contribution in [3.63, 3.8) is 0 Å². The van der Waals surface area contributed by atoms with Crippen LogP contribution in [0.1, 0.15) is 38.6 Å². The minimum atomic E-state index is -0.664. The lowest BCUT2D eigenvalue weighted by Crippen LogP contribution is -2.52. The molecule has 1 amide bonds. The van der Waals surface area contributed by atoms with Gasteiger partial charge in [0.2, 0.25) is 5.13 Å². The first-order chi connectivity index (χ1) is 10.9. The Bertz CT molecular complexity index is 672. The highest BCUT2D eigenvalue weighted by Crippen LogP contribution is 2.31. The Morgan fingerprint density at radius 1 is 1.33 bits per heavy atom. The van der Waals surface area contributed by atoms with Gasteiger partial charge in [-0.2, -0.15) is 5.10 Å². The smallest absolute Gasteiger partial charge is 0.254 e. The van der Waals surface area contributed by atoms with Crippen LogP contribution in [0.15, 0.2) is 18.5 Å². The van der Waals surface area contributed by atoms with Crippen molar-refractivity contribution in [3.8, 4) is 0 Å². The van der Waals surface area contributed by atoms with E-state index in [9.17, 15) is 4.79 Å². The standard InChI is InChI=1S/C15H22N6OS.ClH/c1-14(2,3)12-19-20-13(23-12)18-11(22)15(5-8-16-9-6-15)21-10-4-7-17-21;/h4,7,10,16H,5-6,8-9H2,1-3H3,(H,18,20,22);1H. The monoisotopic (exact) mass is 370 g/mol. The highest BCUT2D eigenvalue weighted by Gasteiger charge is 2.42. The number of nitrogens with one attached hydrogen (secondary N) is 2. The number of aromatic nitrogens is 4. The van der Waals surface area contributed by atoms with Crippen LogP contribution in [0.25, 0.3) is 0 Å². The van der Waals surface area contributed by atoms with E-state index in [4.69, 9.17) is 0 Å². The van der Waals surface area contributed by atoms with Crippen molar-refractivity contribution in [1.29, 1.82) is 0 Å². The van der Waals surface area contributed by atoms with Gasteiger partial charge in [0.25, 0.3) is 5.91 Å². The number of piperidine rings is 1. The predicted octanol–water partition coefficient (Wildman–Crippen LogP) is 2.17. The summed E-state index contributed by atoms with van der Waals surface area (Å²) in [6.07, 6.45) is 4.96. The van der Waals surface area contributed by atoms with E-state index in [0.717, 1.165) is 18.1 Å². The van der Waals surface area contributed by atoms with Crippen molar-refractivity contribution in [1.82, 2.24) is 25.3 Å². The Kier molecular flexibility index (Phi) is 5.62. The zero-order valence-corrected chi connectivity index (χ0v) is 15.7. The van der Waals surface area contributed by atoms with Crippen molar-refractivity contribution in [2.45, 2.75) is 44.6 Å². The highest BCUT2D eigenvalue weighted by molar-refractivity contribution is 7.15. The van der Waals surface area contributed by atoms with Crippen LogP contribution in [0.2, 0.25) is 0 Å². The SMILES string of the molecule is CC(C)(C)c1nnc(NC(=O)C2(n3cccn3)CCNCC2)s1.Cl. The summed E-state index contributed by atoms with van der Waals surface area (Å²) in [6, 6.07) is 1.85. The fraction of sp³-hybridized carbons (Fsp3) is 0.600. The number of anilines is 1. The summed E-state index contributed by atoms with van der Waals surface area (Å²) in [5.74, 6) is -0.0701. The second-order valence-electron chi connectivity index (χ2n) is 6.85. The molecule has 0 aliphatic carbocycles. The number of hydrogen-bond acceptors (Lipinski definition) is 6. The Labute approximate surface area is 151 Å². The minimum absolute atomic E-state index is 0. The Balaban J connectivity index is 0.00000208. The molecule has 2 aromatic heterocycles. The average molecular weight is 371 g/mol. The van der Waals surface area contributed by atoms with Gasteiger partial charge in [0.05, 0.1) is 0 Å². The van der Waals surface area contributed by atoms with E-state index in [1.54, 1.807) is 10.9 Å². The third-order valence-corrected chi connectivity index (χ3v) is 5.35. The molecule has 0 radical (unpaired) electrons. The summed E-state index contributed by atoms with van der Waals surface area (Å²) in [4.78, 5) is 13.0. The molecule has 0 atom stereocenters. The average Bonchev–Trinajstić information content (AvgIpc) is 3.19. The van der Waals surface area contributed by atoms with Gasteiger partial charge >= 0.3 is 0 Å². The van der Waals surface area contributed by atoms with Gasteiger partial charge in [0, 0.05) is 17.8 Å². The Hall–Kier alpha value is -1.51. The zero-order valence-electron chi connectivity index (χ0n) is 14.1. The number of nitrogens with zero attached hydrogens (tertiary/aromatic N) is 4. The fourth-order valence-electron chi connectivity index (χ4n) is 2.71. The van der Waals surface area contributed by atoms with Crippen molar-refractivity contribution in [2.24, 2.45) is 0 Å². The largest absolute Gasteiger partial charge is 0.317 e. The molecular weight excluding hydrogens is 348 g/mol. The van der Waals surface area contributed by atoms with Crippen molar-refractivity contribution in [3.05, 3.63) is 23.5 Å².